The van der Waals surface area contributed by atoms with Gasteiger partial charge in [-0.1, -0.05) is 6.07 Å². The molecule has 1 heterocycles. The fourth-order valence-corrected chi connectivity index (χ4v) is 2.85. The van der Waals surface area contributed by atoms with Gasteiger partial charge < -0.3 is 9.36 Å². The van der Waals surface area contributed by atoms with E-state index in [4.69, 9.17) is 0 Å². The number of carbonyl (C=O) groups excluding carboxylic acids is 1. The molecule has 0 unspecified atom stereocenters. The number of rotatable bonds is 4. The second-order valence-corrected chi connectivity index (χ2v) is 5.74. The van der Waals surface area contributed by atoms with E-state index in [1.165, 1.54) is 18.2 Å². The van der Waals surface area contributed by atoms with E-state index in [-0.39, 0.29) is 24.0 Å². The van der Waals surface area contributed by atoms with Gasteiger partial charge in [0.1, 0.15) is 17.9 Å². The maximum absolute atomic E-state index is 13.8. The molecule has 0 aliphatic heterocycles. The third-order valence-electron chi connectivity index (χ3n) is 3.70. The highest BCUT2D eigenvalue weighted by atomic mass is 79.9. The Morgan fingerprint density at radius 1 is 1.14 bits per heavy atom. The lowest BCUT2D eigenvalue weighted by molar-refractivity contribution is -0.107. The van der Waals surface area contributed by atoms with Gasteiger partial charge in [0.05, 0.1) is 11.0 Å². The third-order valence-corrected chi connectivity index (χ3v) is 4.64. The van der Waals surface area contributed by atoms with Crippen LogP contribution in [0.3, 0.4) is 0 Å². The molecule has 22 heavy (non-hydrogen) atoms. The van der Waals surface area contributed by atoms with E-state index >= 15 is 0 Å². The number of aromatic nitrogens is 1. The van der Waals surface area contributed by atoms with Crippen molar-refractivity contribution in [2.45, 2.75) is 26.8 Å². The maximum atomic E-state index is 13.8. The highest BCUT2D eigenvalue weighted by molar-refractivity contribution is 9.10. The maximum Gasteiger partial charge on any atom is 0.199 e. The van der Waals surface area contributed by atoms with Crippen LogP contribution in [-0.2, 0) is 17.8 Å². The number of carbonyl (C=O) groups is 1. The summed E-state index contributed by atoms with van der Waals surface area (Å²) < 4.78 is 29.6. The number of nitrogens with zero attached hydrogens (tertiary/aromatic N) is 1. The van der Waals surface area contributed by atoms with E-state index in [1.54, 1.807) is 18.4 Å². The van der Waals surface area contributed by atoms with Gasteiger partial charge in [-0.15, -0.1) is 0 Å². The van der Waals surface area contributed by atoms with Crippen LogP contribution in [0.4, 0.5) is 8.78 Å². The Bertz CT molecular complexity index is 779. The summed E-state index contributed by atoms with van der Waals surface area (Å²) in [6.07, 6.45) is 0.600. The lowest BCUT2D eigenvalue weighted by Crippen LogP contribution is -2.23. The molecule has 0 amide bonds. The van der Waals surface area contributed by atoms with Crippen molar-refractivity contribution in [2.24, 2.45) is 0 Å². The van der Waals surface area contributed by atoms with Gasteiger partial charge >= 0.3 is 0 Å². The molecule has 1 aromatic heterocycles. The molecule has 0 bridgehead atoms. The fraction of sp³-hybridized carbons (Fsp3) is 0.250. The summed E-state index contributed by atoms with van der Waals surface area (Å²) >= 11 is 3.20. The first-order chi connectivity index (χ1) is 10.4. The molecule has 0 aliphatic rings. The van der Waals surface area contributed by atoms with E-state index in [2.05, 4.69) is 15.9 Å². The zero-order valence-corrected chi connectivity index (χ0v) is 13.7. The van der Waals surface area contributed by atoms with Crippen LogP contribution in [0.15, 0.2) is 27.5 Å². The molecule has 3 nitrogen and oxygen atoms in total. The van der Waals surface area contributed by atoms with Crippen molar-refractivity contribution in [3.05, 3.63) is 67.0 Å². The van der Waals surface area contributed by atoms with Gasteiger partial charge in [-0.25, -0.2) is 8.78 Å². The number of pyridine rings is 1. The van der Waals surface area contributed by atoms with Gasteiger partial charge in [0, 0.05) is 28.9 Å². The average molecular weight is 370 g/mol. The number of hydrogen-bond donors (Lipinski definition) is 0. The Morgan fingerprint density at radius 3 is 2.27 bits per heavy atom. The number of halogens is 3. The predicted octanol–water partition coefficient (Wildman–Crippen LogP) is 3.30. The SMILES string of the molecule is Cc1c(Br)c(=O)c(CC=O)c(C)n1Cc1c(F)cccc1F. The first-order valence-corrected chi connectivity index (χ1v) is 7.42. The molecule has 116 valence electrons. The smallest absolute Gasteiger partial charge is 0.199 e. The summed E-state index contributed by atoms with van der Waals surface area (Å²) in [5.41, 5.74) is 1.05. The standard InChI is InChI=1S/C16H14BrF2NO2/c1-9-11(6-7-21)16(22)15(17)10(2)20(9)8-12-13(18)4-3-5-14(12)19/h3-5,7H,6,8H2,1-2H3. The van der Waals surface area contributed by atoms with Gasteiger partial charge in [0.15, 0.2) is 5.43 Å². The highest BCUT2D eigenvalue weighted by Gasteiger charge is 2.17. The Morgan fingerprint density at radius 2 is 1.73 bits per heavy atom. The normalized spacial score (nSPS) is 10.8. The minimum Gasteiger partial charge on any atom is -0.343 e. The second kappa shape index (κ2) is 6.52. The van der Waals surface area contributed by atoms with Crippen LogP contribution in [0.1, 0.15) is 22.5 Å². The molecule has 2 aromatic rings. The molecule has 0 saturated heterocycles. The summed E-state index contributed by atoms with van der Waals surface area (Å²) in [6.45, 7) is 3.29. The predicted molar refractivity (Wildman–Crippen MR) is 83.1 cm³/mol. The van der Waals surface area contributed by atoms with E-state index in [9.17, 15) is 18.4 Å². The summed E-state index contributed by atoms with van der Waals surface area (Å²) in [7, 11) is 0. The van der Waals surface area contributed by atoms with Gasteiger partial charge in [-0.3, -0.25) is 4.79 Å². The molecule has 2 rings (SSSR count). The molecule has 0 fully saturated rings. The van der Waals surface area contributed by atoms with Crippen molar-refractivity contribution in [1.82, 2.24) is 4.57 Å². The first kappa shape index (κ1) is 16.5. The minimum absolute atomic E-state index is 0.0384. The molecular weight excluding hydrogens is 356 g/mol. The minimum atomic E-state index is -0.648. The lowest BCUT2D eigenvalue weighted by Gasteiger charge is -2.19. The molecule has 0 aliphatic carbocycles. The van der Waals surface area contributed by atoms with Crippen molar-refractivity contribution < 1.29 is 13.6 Å². The summed E-state index contributed by atoms with van der Waals surface area (Å²) in [4.78, 5) is 22.9. The number of hydrogen-bond acceptors (Lipinski definition) is 2. The topological polar surface area (TPSA) is 39.1 Å². The van der Waals surface area contributed by atoms with Crippen molar-refractivity contribution in [1.29, 1.82) is 0 Å². The fourth-order valence-electron chi connectivity index (χ4n) is 2.40. The van der Waals surface area contributed by atoms with Crippen molar-refractivity contribution >= 4 is 22.2 Å². The molecule has 0 N–H and O–H groups in total. The Labute approximate surface area is 134 Å². The van der Waals surface area contributed by atoms with Crippen molar-refractivity contribution in [3.8, 4) is 0 Å². The molecule has 6 heteroatoms. The van der Waals surface area contributed by atoms with E-state index in [0.717, 1.165) is 0 Å². The van der Waals surface area contributed by atoms with Crippen molar-refractivity contribution in [2.75, 3.05) is 0 Å². The Kier molecular flexibility index (Phi) is 4.90. The van der Waals surface area contributed by atoms with Crippen LogP contribution in [0.5, 0.6) is 0 Å². The van der Waals surface area contributed by atoms with Crippen molar-refractivity contribution in [3.63, 3.8) is 0 Å². The zero-order valence-electron chi connectivity index (χ0n) is 12.1. The van der Waals surface area contributed by atoms with Crippen LogP contribution in [0.25, 0.3) is 0 Å². The number of benzene rings is 1. The van der Waals surface area contributed by atoms with E-state index < -0.39 is 11.6 Å². The molecule has 0 saturated carbocycles. The zero-order chi connectivity index (χ0) is 16.4. The van der Waals surface area contributed by atoms with Gasteiger partial charge in [0.25, 0.3) is 0 Å². The monoisotopic (exact) mass is 369 g/mol. The lowest BCUT2D eigenvalue weighted by atomic mass is 10.1. The Hall–Kier alpha value is -1.82. The summed E-state index contributed by atoms with van der Waals surface area (Å²) in [5, 5.41) is 0. The quantitative estimate of drug-likeness (QED) is 0.775. The average Bonchev–Trinajstić information content (AvgIpc) is 2.48. The molecule has 0 radical (unpaired) electrons. The van der Waals surface area contributed by atoms with Crippen LogP contribution >= 0.6 is 15.9 Å². The molecule has 0 spiro atoms. The van der Waals surface area contributed by atoms with Crippen LogP contribution in [0, 0.1) is 25.5 Å². The number of aldehydes is 1. The summed E-state index contributed by atoms with van der Waals surface area (Å²) in [5.74, 6) is -1.30. The molecule has 1 aromatic carbocycles. The first-order valence-electron chi connectivity index (χ1n) is 6.63. The molecule has 0 atom stereocenters. The van der Waals surface area contributed by atoms with Gasteiger partial charge in [-0.2, -0.15) is 0 Å². The third kappa shape index (κ3) is 2.88. The van der Waals surface area contributed by atoms with Gasteiger partial charge in [0.2, 0.25) is 0 Å². The van der Waals surface area contributed by atoms with Crippen LogP contribution in [0.2, 0.25) is 0 Å². The van der Waals surface area contributed by atoms with Crippen LogP contribution in [-0.4, -0.2) is 10.9 Å². The van der Waals surface area contributed by atoms with Crippen LogP contribution < -0.4 is 5.43 Å². The van der Waals surface area contributed by atoms with Gasteiger partial charge in [-0.05, 0) is 41.9 Å². The largest absolute Gasteiger partial charge is 0.343 e. The highest BCUT2D eigenvalue weighted by Crippen LogP contribution is 2.21. The van der Waals surface area contributed by atoms with E-state index in [1.807, 2.05) is 0 Å². The Balaban J connectivity index is 2.66. The second-order valence-electron chi connectivity index (χ2n) is 4.95. The van der Waals surface area contributed by atoms with E-state index in [0.29, 0.717) is 27.7 Å². The summed E-state index contributed by atoms with van der Waals surface area (Å²) in [6, 6.07) is 3.67. The molecular formula is C16H14BrF2NO2.